The van der Waals surface area contributed by atoms with Crippen molar-refractivity contribution in [1.82, 2.24) is 24.4 Å². The van der Waals surface area contributed by atoms with Gasteiger partial charge < -0.3 is 14.6 Å². The van der Waals surface area contributed by atoms with Crippen LogP contribution in [0.1, 0.15) is 30.4 Å². The lowest BCUT2D eigenvalue weighted by molar-refractivity contribution is 0.306. The van der Waals surface area contributed by atoms with Gasteiger partial charge in [-0.2, -0.15) is 4.31 Å². The summed E-state index contributed by atoms with van der Waals surface area (Å²) >= 11 is 1.20. The van der Waals surface area contributed by atoms with Gasteiger partial charge in [-0.15, -0.1) is 21.5 Å². The second kappa shape index (κ2) is 6.67. The summed E-state index contributed by atoms with van der Waals surface area (Å²) in [4.78, 5) is 0. The Kier molecular flexibility index (Phi) is 4.52. The predicted octanol–water partition coefficient (Wildman–Crippen LogP) is 1.02. The van der Waals surface area contributed by atoms with E-state index >= 15 is 0 Å². The zero-order chi connectivity index (χ0) is 17.4. The molecule has 1 N–H and O–H groups in total. The molecule has 1 fully saturated rings. The quantitative estimate of drug-likeness (QED) is 0.848. The fourth-order valence-corrected chi connectivity index (χ4v) is 6.39. The van der Waals surface area contributed by atoms with E-state index in [1.165, 1.54) is 18.4 Å². The molecule has 2 aromatic rings. The third-order valence-electron chi connectivity index (χ3n) is 4.86. The number of ether oxygens (including phenoxy) is 1. The van der Waals surface area contributed by atoms with Crippen LogP contribution in [-0.2, 0) is 23.1 Å². The van der Waals surface area contributed by atoms with Crippen molar-refractivity contribution in [2.75, 3.05) is 26.7 Å². The van der Waals surface area contributed by atoms with Gasteiger partial charge in [0.2, 0.25) is 0 Å². The van der Waals surface area contributed by atoms with Crippen molar-refractivity contribution in [2.45, 2.75) is 36.1 Å². The van der Waals surface area contributed by atoms with Crippen LogP contribution >= 0.6 is 11.3 Å². The Morgan fingerprint density at radius 2 is 2.08 bits per heavy atom. The van der Waals surface area contributed by atoms with Gasteiger partial charge in [0, 0.05) is 32.1 Å². The normalized spacial score (nSPS) is 19.7. The van der Waals surface area contributed by atoms with Gasteiger partial charge in [-0.25, -0.2) is 8.42 Å². The molecule has 0 bridgehead atoms. The number of sulfonamides is 1. The molecule has 0 atom stereocenters. The Balaban J connectivity index is 1.49. The van der Waals surface area contributed by atoms with E-state index in [2.05, 4.69) is 20.1 Å². The molecule has 0 aromatic carbocycles. The van der Waals surface area contributed by atoms with E-state index in [9.17, 15) is 8.42 Å². The highest BCUT2D eigenvalue weighted by atomic mass is 32.2. The smallest absolute Gasteiger partial charge is 0.256 e. The van der Waals surface area contributed by atoms with Crippen LogP contribution in [0.15, 0.2) is 15.7 Å². The number of nitrogens with one attached hydrogen (secondary N) is 1. The predicted molar refractivity (Wildman–Crippen MR) is 93.3 cm³/mol. The molecule has 2 aliphatic heterocycles. The third kappa shape index (κ3) is 2.97. The first-order chi connectivity index (χ1) is 12.1. The molecule has 0 saturated carbocycles. The molecule has 0 spiro atoms. The molecule has 25 heavy (non-hydrogen) atoms. The number of nitrogens with zero attached hydrogens (tertiary/aromatic N) is 4. The summed E-state index contributed by atoms with van der Waals surface area (Å²) in [5.41, 5.74) is 0. The van der Waals surface area contributed by atoms with E-state index in [-0.39, 0.29) is 5.92 Å². The molecule has 4 heterocycles. The maximum atomic E-state index is 12.9. The topological polar surface area (TPSA) is 89.4 Å². The van der Waals surface area contributed by atoms with E-state index in [1.54, 1.807) is 15.8 Å². The number of thiophene rings is 1. The zero-order valence-corrected chi connectivity index (χ0v) is 15.6. The molecular formula is C15H21N5O3S2. The first-order valence-corrected chi connectivity index (χ1v) is 10.7. The molecule has 2 aromatic heterocycles. The minimum Gasteiger partial charge on any atom is -0.494 e. The van der Waals surface area contributed by atoms with Gasteiger partial charge in [0.05, 0.1) is 13.7 Å². The summed E-state index contributed by atoms with van der Waals surface area (Å²) < 4.78 is 35.0. The van der Waals surface area contributed by atoms with E-state index in [0.717, 1.165) is 44.1 Å². The van der Waals surface area contributed by atoms with Gasteiger partial charge in [0.25, 0.3) is 10.0 Å². The van der Waals surface area contributed by atoms with E-state index in [1.807, 2.05) is 0 Å². The molecule has 4 rings (SSSR count). The van der Waals surface area contributed by atoms with E-state index in [4.69, 9.17) is 4.74 Å². The van der Waals surface area contributed by atoms with Gasteiger partial charge >= 0.3 is 0 Å². The van der Waals surface area contributed by atoms with Crippen LogP contribution in [0.5, 0.6) is 5.75 Å². The van der Waals surface area contributed by atoms with Gasteiger partial charge in [-0.3, -0.25) is 0 Å². The van der Waals surface area contributed by atoms with Crippen molar-refractivity contribution in [3.05, 3.63) is 23.1 Å². The molecule has 0 radical (unpaired) electrons. The minimum absolute atomic E-state index is 0.260. The molecule has 8 nitrogen and oxygen atoms in total. The maximum absolute atomic E-state index is 12.9. The van der Waals surface area contributed by atoms with Crippen molar-refractivity contribution in [3.63, 3.8) is 0 Å². The molecular weight excluding hydrogens is 362 g/mol. The third-order valence-corrected chi connectivity index (χ3v) is 8.18. The number of rotatable bonds is 4. The summed E-state index contributed by atoms with van der Waals surface area (Å²) in [6, 6.07) is 1.70. The molecule has 0 amide bonds. The van der Waals surface area contributed by atoms with Crippen LogP contribution in [0.4, 0.5) is 0 Å². The van der Waals surface area contributed by atoms with Crippen molar-refractivity contribution in [1.29, 1.82) is 0 Å². The van der Waals surface area contributed by atoms with E-state index < -0.39 is 10.0 Å². The number of hydrogen-bond acceptors (Lipinski definition) is 7. The number of piperidine rings is 1. The van der Waals surface area contributed by atoms with Crippen LogP contribution in [0.25, 0.3) is 0 Å². The standard InChI is InChI=1S/C15H21N5O3S2/c1-23-12-4-9-24-15(12)25(21,22)19-6-2-11(3-7-19)14-18-17-13-10-16-5-8-20(13)14/h4,9,11,16H,2-3,5-8,10H2,1H3. The molecule has 1 saturated heterocycles. The highest BCUT2D eigenvalue weighted by molar-refractivity contribution is 7.91. The highest BCUT2D eigenvalue weighted by Gasteiger charge is 2.34. The van der Waals surface area contributed by atoms with Crippen molar-refractivity contribution in [3.8, 4) is 5.75 Å². The Morgan fingerprint density at radius 3 is 2.84 bits per heavy atom. The van der Waals surface area contributed by atoms with Crippen molar-refractivity contribution < 1.29 is 13.2 Å². The largest absolute Gasteiger partial charge is 0.494 e. The number of methoxy groups -OCH3 is 1. The molecule has 2 aliphatic rings. The lowest BCUT2D eigenvalue weighted by Gasteiger charge is -2.31. The maximum Gasteiger partial charge on any atom is 0.256 e. The highest BCUT2D eigenvalue weighted by Crippen LogP contribution is 2.35. The van der Waals surface area contributed by atoms with Gasteiger partial charge in [0.1, 0.15) is 17.4 Å². The second-order valence-corrected chi connectivity index (χ2v) is 9.31. The first-order valence-electron chi connectivity index (χ1n) is 8.35. The number of fused-ring (bicyclic) bond motifs is 1. The Hall–Kier alpha value is -1.49. The molecule has 10 heteroatoms. The summed E-state index contributed by atoms with van der Waals surface area (Å²) in [6.07, 6.45) is 1.52. The molecule has 136 valence electrons. The second-order valence-electron chi connectivity index (χ2n) is 6.26. The van der Waals surface area contributed by atoms with Crippen molar-refractivity contribution >= 4 is 21.4 Å². The lowest BCUT2D eigenvalue weighted by atomic mass is 9.97. The Bertz CT molecular complexity index is 852. The number of hydrogen-bond donors (Lipinski definition) is 1. The van der Waals surface area contributed by atoms with E-state index in [0.29, 0.717) is 23.0 Å². The van der Waals surface area contributed by atoms with Crippen LogP contribution < -0.4 is 10.1 Å². The fraction of sp³-hybridized carbons (Fsp3) is 0.600. The van der Waals surface area contributed by atoms with Crippen LogP contribution in [0.3, 0.4) is 0 Å². The molecule has 0 unspecified atom stereocenters. The Labute approximate surface area is 150 Å². The molecule has 0 aliphatic carbocycles. The Morgan fingerprint density at radius 1 is 1.28 bits per heavy atom. The average molecular weight is 383 g/mol. The van der Waals surface area contributed by atoms with Crippen molar-refractivity contribution in [2.24, 2.45) is 0 Å². The fourth-order valence-electron chi connectivity index (χ4n) is 3.51. The summed E-state index contributed by atoms with van der Waals surface area (Å²) in [5.74, 6) is 2.66. The minimum atomic E-state index is -3.50. The van der Waals surface area contributed by atoms with Crippen LogP contribution in [0.2, 0.25) is 0 Å². The van der Waals surface area contributed by atoms with Crippen LogP contribution in [0, 0.1) is 0 Å². The summed E-state index contributed by atoms with van der Waals surface area (Å²) in [7, 11) is -2.00. The monoisotopic (exact) mass is 383 g/mol. The van der Waals surface area contributed by atoms with Crippen LogP contribution in [-0.4, -0.2) is 54.2 Å². The summed E-state index contributed by atoms with van der Waals surface area (Å²) in [6.45, 7) is 3.54. The first kappa shape index (κ1) is 17.0. The SMILES string of the molecule is COc1ccsc1S(=O)(=O)N1CCC(c2nnc3n2CCNC3)CC1. The van der Waals surface area contributed by atoms with Gasteiger partial charge in [-0.05, 0) is 24.3 Å². The zero-order valence-electron chi connectivity index (χ0n) is 14.0. The number of aromatic nitrogens is 3. The van der Waals surface area contributed by atoms with Gasteiger partial charge in [0.15, 0.2) is 4.21 Å². The van der Waals surface area contributed by atoms with Gasteiger partial charge in [-0.1, -0.05) is 0 Å². The summed E-state index contributed by atoms with van der Waals surface area (Å²) in [5, 5.41) is 13.7. The average Bonchev–Trinajstić information content (AvgIpc) is 3.29. The lowest BCUT2D eigenvalue weighted by Crippen LogP contribution is -2.38.